The molecule has 0 saturated carbocycles. The van der Waals surface area contributed by atoms with Crippen molar-refractivity contribution in [3.8, 4) is 0 Å². The van der Waals surface area contributed by atoms with Gasteiger partial charge < -0.3 is 10.4 Å². The number of sulfonamides is 1. The van der Waals surface area contributed by atoms with Gasteiger partial charge in [-0.3, -0.25) is 4.79 Å². The molecule has 2 aromatic rings. The Morgan fingerprint density at radius 2 is 1.90 bits per heavy atom. The number of aliphatic hydroxyl groups is 1. The lowest BCUT2D eigenvalue weighted by atomic mass is 9.99. The molecule has 1 aliphatic rings. The summed E-state index contributed by atoms with van der Waals surface area (Å²) in [6, 6.07) is 5.48. The Balaban J connectivity index is 1.88. The van der Waals surface area contributed by atoms with Gasteiger partial charge in [-0.05, 0) is 36.6 Å². The molecule has 0 bridgehead atoms. The van der Waals surface area contributed by atoms with E-state index in [4.69, 9.17) is 23.2 Å². The highest BCUT2D eigenvalue weighted by atomic mass is 35.5. The van der Waals surface area contributed by atoms with Crippen molar-refractivity contribution in [1.82, 2.24) is 4.31 Å². The third-order valence-corrected chi connectivity index (χ3v) is 7.50. The van der Waals surface area contributed by atoms with E-state index in [1.807, 2.05) is 0 Å². The number of anilines is 1. The summed E-state index contributed by atoms with van der Waals surface area (Å²) in [5.74, 6) is -3.49. The van der Waals surface area contributed by atoms with Gasteiger partial charge in [0.15, 0.2) is 11.6 Å². The first kappa shape index (κ1) is 22.9. The number of carbonyl (C=O) groups is 1. The Bertz CT molecular complexity index is 1070. The minimum atomic E-state index is -4.02. The van der Waals surface area contributed by atoms with Crippen molar-refractivity contribution < 1.29 is 27.1 Å². The maximum absolute atomic E-state index is 13.5. The molecule has 0 aromatic heterocycles. The number of benzene rings is 2. The number of hydrogen-bond donors (Lipinski definition) is 2. The van der Waals surface area contributed by atoms with Gasteiger partial charge in [-0.2, -0.15) is 4.31 Å². The maximum Gasteiger partial charge on any atom is 0.255 e. The van der Waals surface area contributed by atoms with E-state index in [0.717, 1.165) is 18.2 Å². The molecule has 0 radical (unpaired) electrons. The summed E-state index contributed by atoms with van der Waals surface area (Å²) in [4.78, 5) is 12.3. The normalized spacial score (nSPS) is 20.2. The molecule has 1 heterocycles. The van der Waals surface area contributed by atoms with E-state index < -0.39 is 38.7 Å². The van der Waals surface area contributed by atoms with Crippen molar-refractivity contribution in [3.05, 3.63) is 57.6 Å². The fraction of sp³-hybridized carbons (Fsp3) is 0.316. The van der Waals surface area contributed by atoms with Crippen LogP contribution in [0.5, 0.6) is 0 Å². The number of nitrogens with one attached hydrogen (secondary N) is 1. The van der Waals surface area contributed by atoms with Crippen LogP contribution in [0.2, 0.25) is 10.0 Å². The second-order valence-electron chi connectivity index (χ2n) is 7.05. The van der Waals surface area contributed by atoms with Crippen LogP contribution >= 0.6 is 23.2 Å². The Kier molecular flexibility index (Phi) is 6.69. The molecule has 2 aromatic carbocycles. The second-order valence-corrected chi connectivity index (χ2v) is 9.77. The lowest BCUT2D eigenvalue weighted by Crippen LogP contribution is -2.44. The molecule has 2 unspecified atom stereocenters. The molecule has 1 fully saturated rings. The summed E-state index contributed by atoms with van der Waals surface area (Å²) in [6.45, 7) is 1.97. The molecular formula is C19H18Cl2F2N2O4S. The first-order chi connectivity index (χ1) is 14.0. The average molecular weight is 479 g/mol. The molecule has 2 N–H and O–H groups in total. The predicted molar refractivity (Wildman–Crippen MR) is 109 cm³/mol. The van der Waals surface area contributed by atoms with Crippen LogP contribution in [-0.4, -0.2) is 42.9 Å². The lowest BCUT2D eigenvalue weighted by molar-refractivity contribution is 0.0628. The Hall–Kier alpha value is -1.78. The summed E-state index contributed by atoms with van der Waals surface area (Å²) in [5, 5.41) is 11.6. The molecule has 1 amide bonds. The average Bonchev–Trinajstić information content (AvgIpc) is 2.68. The van der Waals surface area contributed by atoms with Gasteiger partial charge in [-0.1, -0.05) is 30.1 Å². The lowest BCUT2D eigenvalue weighted by Gasteiger charge is -2.33. The topological polar surface area (TPSA) is 86.7 Å². The summed E-state index contributed by atoms with van der Waals surface area (Å²) < 4.78 is 54.1. The first-order valence-corrected chi connectivity index (χ1v) is 11.1. The summed E-state index contributed by atoms with van der Waals surface area (Å²) in [6.07, 6.45) is -0.304. The van der Waals surface area contributed by atoms with Gasteiger partial charge in [-0.25, -0.2) is 17.2 Å². The fourth-order valence-electron chi connectivity index (χ4n) is 3.13. The third-order valence-electron chi connectivity index (χ3n) is 4.88. The van der Waals surface area contributed by atoms with Gasteiger partial charge in [-0.15, -0.1) is 0 Å². The van der Waals surface area contributed by atoms with Crippen LogP contribution in [-0.2, 0) is 10.0 Å². The Morgan fingerprint density at radius 1 is 1.20 bits per heavy atom. The van der Waals surface area contributed by atoms with Gasteiger partial charge in [0.25, 0.3) is 5.91 Å². The monoisotopic (exact) mass is 478 g/mol. The third kappa shape index (κ3) is 4.60. The van der Waals surface area contributed by atoms with Crippen LogP contribution in [0.3, 0.4) is 0 Å². The number of rotatable bonds is 4. The zero-order chi connectivity index (χ0) is 22.2. The van der Waals surface area contributed by atoms with Crippen molar-refractivity contribution >= 4 is 44.8 Å². The fourth-order valence-corrected chi connectivity index (χ4v) is 5.39. The highest BCUT2D eigenvalue weighted by molar-refractivity contribution is 7.89. The largest absolute Gasteiger partial charge is 0.393 e. The summed E-state index contributed by atoms with van der Waals surface area (Å²) in [5.41, 5.74) is -0.147. The van der Waals surface area contributed by atoms with Gasteiger partial charge in [0.1, 0.15) is 4.90 Å². The van der Waals surface area contributed by atoms with E-state index in [0.29, 0.717) is 0 Å². The van der Waals surface area contributed by atoms with Crippen LogP contribution in [0.4, 0.5) is 14.5 Å². The van der Waals surface area contributed by atoms with Gasteiger partial charge in [0.2, 0.25) is 10.0 Å². The van der Waals surface area contributed by atoms with E-state index >= 15 is 0 Å². The quantitative estimate of drug-likeness (QED) is 0.652. The zero-order valence-corrected chi connectivity index (χ0v) is 18.0. The van der Waals surface area contributed by atoms with Gasteiger partial charge >= 0.3 is 0 Å². The van der Waals surface area contributed by atoms with E-state index in [2.05, 4.69) is 5.32 Å². The Labute approximate surface area is 182 Å². The molecule has 2 atom stereocenters. The van der Waals surface area contributed by atoms with E-state index in [1.54, 1.807) is 6.92 Å². The predicted octanol–water partition coefficient (Wildman–Crippen LogP) is 3.92. The molecule has 162 valence electrons. The van der Waals surface area contributed by atoms with E-state index in [-0.39, 0.29) is 46.6 Å². The number of amides is 1. The van der Waals surface area contributed by atoms with Crippen molar-refractivity contribution in [2.24, 2.45) is 5.92 Å². The van der Waals surface area contributed by atoms with Gasteiger partial charge in [0.05, 0.1) is 16.1 Å². The van der Waals surface area contributed by atoms with E-state index in [9.17, 15) is 27.1 Å². The number of halogens is 4. The molecule has 0 spiro atoms. The van der Waals surface area contributed by atoms with Crippen molar-refractivity contribution in [2.75, 3.05) is 18.4 Å². The minimum absolute atomic E-state index is 0.0519. The standard InChI is InChI=1S/C19H18Cl2F2N2O4S/c1-10-9-25(5-4-16(10)26)30(28,29)17-6-11(2-3-13(17)20)19(27)24-12-7-14(21)18(23)15(22)8-12/h2-3,6-8,10,16,26H,4-5,9H2,1H3,(H,24,27). The van der Waals surface area contributed by atoms with Gasteiger partial charge in [0, 0.05) is 30.4 Å². The minimum Gasteiger partial charge on any atom is -0.393 e. The van der Waals surface area contributed by atoms with Crippen LogP contribution in [0.25, 0.3) is 0 Å². The van der Waals surface area contributed by atoms with Crippen LogP contribution in [0.1, 0.15) is 23.7 Å². The molecule has 3 rings (SSSR count). The molecule has 0 aliphatic carbocycles. The van der Waals surface area contributed by atoms with Crippen molar-refractivity contribution in [1.29, 1.82) is 0 Å². The number of carbonyl (C=O) groups excluding carboxylic acids is 1. The zero-order valence-electron chi connectivity index (χ0n) is 15.7. The number of nitrogens with zero attached hydrogens (tertiary/aromatic N) is 1. The number of hydrogen-bond acceptors (Lipinski definition) is 4. The first-order valence-electron chi connectivity index (χ1n) is 8.94. The molecule has 30 heavy (non-hydrogen) atoms. The van der Waals surface area contributed by atoms with E-state index in [1.165, 1.54) is 16.4 Å². The molecule has 1 aliphatic heterocycles. The van der Waals surface area contributed by atoms with Crippen molar-refractivity contribution in [2.45, 2.75) is 24.3 Å². The smallest absolute Gasteiger partial charge is 0.255 e. The van der Waals surface area contributed by atoms with Crippen LogP contribution in [0, 0.1) is 17.6 Å². The van der Waals surface area contributed by atoms with Crippen LogP contribution in [0.15, 0.2) is 35.2 Å². The number of piperidine rings is 1. The van der Waals surface area contributed by atoms with Crippen molar-refractivity contribution in [3.63, 3.8) is 0 Å². The van der Waals surface area contributed by atoms with Crippen LogP contribution < -0.4 is 5.32 Å². The highest BCUT2D eigenvalue weighted by Crippen LogP contribution is 2.30. The molecule has 6 nitrogen and oxygen atoms in total. The molecule has 1 saturated heterocycles. The SMILES string of the molecule is CC1CN(S(=O)(=O)c2cc(C(=O)Nc3cc(F)c(F)c(Cl)c3)ccc2Cl)CCC1O. The molecule has 11 heteroatoms. The molecular weight excluding hydrogens is 461 g/mol. The Morgan fingerprint density at radius 3 is 2.53 bits per heavy atom. The second kappa shape index (κ2) is 8.76. The summed E-state index contributed by atoms with van der Waals surface area (Å²) in [7, 11) is -4.02. The highest BCUT2D eigenvalue weighted by Gasteiger charge is 2.34. The summed E-state index contributed by atoms with van der Waals surface area (Å²) >= 11 is 11.7. The number of aliphatic hydroxyl groups excluding tert-OH is 1. The maximum atomic E-state index is 13.5.